The number of methoxy groups -OCH3 is 1. The van der Waals surface area contributed by atoms with E-state index in [0.29, 0.717) is 6.42 Å². The Morgan fingerprint density at radius 2 is 2.10 bits per heavy atom. The van der Waals surface area contributed by atoms with E-state index in [9.17, 15) is 9.59 Å². The Hall–Kier alpha value is -1.82. The van der Waals surface area contributed by atoms with Crippen molar-refractivity contribution >= 4 is 27.9 Å². The highest BCUT2D eigenvalue weighted by Crippen LogP contribution is 2.26. The maximum atomic E-state index is 11.3. The van der Waals surface area contributed by atoms with Crippen LogP contribution in [-0.2, 0) is 20.7 Å². The highest BCUT2D eigenvalue weighted by molar-refractivity contribution is 9.10. The zero-order valence-corrected chi connectivity index (χ0v) is 12.7. The molecule has 0 aliphatic carbocycles. The van der Waals surface area contributed by atoms with Crippen LogP contribution < -0.4 is 4.74 Å². The van der Waals surface area contributed by atoms with E-state index in [1.54, 1.807) is 14.0 Å². The molecule has 1 aromatic carbocycles. The SMILES string of the molecule is COc1ccc(CC(C)OC(=O)/C=C\C(=O)O)cc1Br. The molecule has 1 atom stereocenters. The average Bonchev–Trinajstić information content (AvgIpc) is 2.36. The molecular weight excluding hydrogens is 328 g/mol. The number of carboxylic acid groups (broad SMARTS) is 1. The minimum absolute atomic E-state index is 0.360. The van der Waals surface area contributed by atoms with Gasteiger partial charge in [0.05, 0.1) is 11.6 Å². The predicted octanol–water partition coefficient (Wildman–Crippen LogP) is 2.57. The van der Waals surface area contributed by atoms with E-state index in [0.717, 1.165) is 27.9 Å². The molecule has 0 bridgehead atoms. The maximum absolute atomic E-state index is 11.3. The van der Waals surface area contributed by atoms with Crippen LogP contribution >= 0.6 is 15.9 Å². The van der Waals surface area contributed by atoms with Crippen LogP contribution in [0.4, 0.5) is 0 Å². The predicted molar refractivity (Wildman–Crippen MR) is 76.7 cm³/mol. The normalized spacial score (nSPS) is 12.2. The van der Waals surface area contributed by atoms with Gasteiger partial charge >= 0.3 is 11.9 Å². The summed E-state index contributed by atoms with van der Waals surface area (Å²) >= 11 is 3.38. The second-order valence-electron chi connectivity index (χ2n) is 4.09. The summed E-state index contributed by atoms with van der Waals surface area (Å²) in [5, 5.41) is 8.40. The number of hydrogen-bond donors (Lipinski definition) is 1. The van der Waals surface area contributed by atoms with Gasteiger partial charge in [-0.1, -0.05) is 6.07 Å². The molecule has 5 nitrogen and oxygen atoms in total. The van der Waals surface area contributed by atoms with Crippen LogP contribution in [0.5, 0.6) is 5.75 Å². The monoisotopic (exact) mass is 342 g/mol. The molecule has 20 heavy (non-hydrogen) atoms. The smallest absolute Gasteiger partial charge is 0.331 e. The maximum Gasteiger partial charge on any atom is 0.331 e. The number of ether oxygens (including phenoxy) is 2. The van der Waals surface area contributed by atoms with Crippen LogP contribution in [-0.4, -0.2) is 30.3 Å². The Bertz CT molecular complexity index is 524. The number of carboxylic acids is 1. The third kappa shape index (κ3) is 5.44. The molecule has 0 aromatic heterocycles. The zero-order chi connectivity index (χ0) is 15.1. The number of hydrogen-bond acceptors (Lipinski definition) is 4. The van der Waals surface area contributed by atoms with Gasteiger partial charge in [0.1, 0.15) is 11.9 Å². The topological polar surface area (TPSA) is 72.8 Å². The zero-order valence-electron chi connectivity index (χ0n) is 11.1. The summed E-state index contributed by atoms with van der Waals surface area (Å²) in [6.07, 6.45) is 1.80. The molecule has 1 unspecified atom stereocenters. The summed E-state index contributed by atoms with van der Waals surface area (Å²) in [5.41, 5.74) is 0.972. The van der Waals surface area contributed by atoms with Crippen molar-refractivity contribution in [1.82, 2.24) is 0 Å². The van der Waals surface area contributed by atoms with E-state index >= 15 is 0 Å². The number of carbonyl (C=O) groups excluding carboxylic acids is 1. The van der Waals surface area contributed by atoms with Gasteiger partial charge < -0.3 is 14.6 Å². The Labute approximate surface area is 125 Å². The lowest BCUT2D eigenvalue weighted by Gasteiger charge is -2.13. The van der Waals surface area contributed by atoms with E-state index < -0.39 is 11.9 Å². The summed E-state index contributed by atoms with van der Waals surface area (Å²) in [6, 6.07) is 5.58. The number of halogens is 1. The quantitative estimate of drug-likeness (QED) is 0.635. The second-order valence-corrected chi connectivity index (χ2v) is 4.95. The van der Waals surface area contributed by atoms with Crippen molar-refractivity contribution in [3.8, 4) is 5.75 Å². The lowest BCUT2D eigenvalue weighted by atomic mass is 10.1. The van der Waals surface area contributed by atoms with Gasteiger partial charge in [0.2, 0.25) is 0 Å². The molecule has 0 aliphatic rings. The lowest BCUT2D eigenvalue weighted by molar-refractivity contribution is -0.142. The first-order chi connectivity index (χ1) is 9.42. The van der Waals surface area contributed by atoms with Crippen molar-refractivity contribution in [1.29, 1.82) is 0 Å². The van der Waals surface area contributed by atoms with Crippen LogP contribution in [0.3, 0.4) is 0 Å². The van der Waals surface area contributed by atoms with E-state index in [4.69, 9.17) is 14.6 Å². The molecule has 0 radical (unpaired) electrons. The molecule has 6 heteroatoms. The highest BCUT2D eigenvalue weighted by Gasteiger charge is 2.10. The molecule has 0 heterocycles. The van der Waals surface area contributed by atoms with Crippen LogP contribution in [0.25, 0.3) is 0 Å². The van der Waals surface area contributed by atoms with Crippen molar-refractivity contribution < 1.29 is 24.2 Å². The van der Waals surface area contributed by atoms with Gasteiger partial charge in [-0.3, -0.25) is 0 Å². The number of benzene rings is 1. The third-order valence-corrected chi connectivity index (χ3v) is 3.04. The third-order valence-electron chi connectivity index (χ3n) is 2.42. The molecule has 0 aliphatic heterocycles. The van der Waals surface area contributed by atoms with E-state index in [2.05, 4.69) is 15.9 Å². The van der Waals surface area contributed by atoms with E-state index in [-0.39, 0.29) is 6.10 Å². The minimum atomic E-state index is -1.19. The average molecular weight is 343 g/mol. The molecule has 0 spiro atoms. The summed E-state index contributed by atoms with van der Waals surface area (Å²) < 4.78 is 11.0. The first-order valence-corrected chi connectivity index (χ1v) is 6.65. The molecule has 0 fully saturated rings. The molecule has 108 valence electrons. The standard InChI is InChI=1S/C14H15BrO5/c1-9(20-14(18)6-5-13(16)17)7-10-3-4-12(19-2)11(15)8-10/h3-6,8-9H,7H2,1-2H3,(H,16,17)/b6-5-. The minimum Gasteiger partial charge on any atom is -0.496 e. The molecule has 0 saturated carbocycles. The number of esters is 1. The van der Waals surface area contributed by atoms with Crippen molar-refractivity contribution in [2.45, 2.75) is 19.4 Å². The van der Waals surface area contributed by atoms with Gasteiger partial charge in [-0.2, -0.15) is 0 Å². The van der Waals surface area contributed by atoms with E-state index in [1.807, 2.05) is 18.2 Å². The summed E-state index contributed by atoms with van der Waals surface area (Å²) in [6.45, 7) is 1.74. The van der Waals surface area contributed by atoms with Crippen LogP contribution in [0.15, 0.2) is 34.8 Å². The summed E-state index contributed by atoms with van der Waals surface area (Å²) in [7, 11) is 1.58. The lowest BCUT2D eigenvalue weighted by Crippen LogP contribution is -2.16. The van der Waals surface area contributed by atoms with Gasteiger partial charge in [0, 0.05) is 18.6 Å². The highest BCUT2D eigenvalue weighted by atomic mass is 79.9. The van der Waals surface area contributed by atoms with Crippen molar-refractivity contribution in [2.75, 3.05) is 7.11 Å². The number of aliphatic carboxylic acids is 1. The van der Waals surface area contributed by atoms with Gasteiger partial charge in [-0.05, 0) is 40.5 Å². The van der Waals surface area contributed by atoms with Crippen molar-refractivity contribution in [3.05, 3.63) is 40.4 Å². The molecule has 0 saturated heterocycles. The first kappa shape index (κ1) is 16.2. The molecule has 1 rings (SSSR count). The number of rotatable bonds is 6. The second kappa shape index (κ2) is 7.69. The Balaban J connectivity index is 2.58. The van der Waals surface area contributed by atoms with Crippen LogP contribution in [0.2, 0.25) is 0 Å². The summed E-state index contributed by atoms with van der Waals surface area (Å²) in [5.74, 6) is -1.14. The van der Waals surface area contributed by atoms with Crippen LogP contribution in [0, 0.1) is 0 Å². The van der Waals surface area contributed by atoms with Gasteiger partial charge in [-0.25, -0.2) is 9.59 Å². The van der Waals surface area contributed by atoms with Crippen molar-refractivity contribution in [2.24, 2.45) is 0 Å². The van der Waals surface area contributed by atoms with Gasteiger partial charge in [0.25, 0.3) is 0 Å². The molecule has 1 N–H and O–H groups in total. The Morgan fingerprint density at radius 3 is 2.65 bits per heavy atom. The van der Waals surface area contributed by atoms with Gasteiger partial charge in [-0.15, -0.1) is 0 Å². The number of carbonyl (C=O) groups is 2. The van der Waals surface area contributed by atoms with Crippen LogP contribution in [0.1, 0.15) is 12.5 Å². The van der Waals surface area contributed by atoms with Gasteiger partial charge in [0.15, 0.2) is 0 Å². The molecule has 1 aromatic rings. The fourth-order valence-corrected chi connectivity index (χ4v) is 2.18. The van der Waals surface area contributed by atoms with Crippen molar-refractivity contribution in [3.63, 3.8) is 0 Å². The Kier molecular flexibility index (Phi) is 6.24. The Morgan fingerprint density at radius 1 is 1.40 bits per heavy atom. The molecular formula is C14H15BrO5. The fraction of sp³-hybridized carbons (Fsp3) is 0.286. The fourth-order valence-electron chi connectivity index (χ4n) is 1.59. The summed E-state index contributed by atoms with van der Waals surface area (Å²) in [4.78, 5) is 21.6. The first-order valence-electron chi connectivity index (χ1n) is 5.86. The molecule has 0 amide bonds. The van der Waals surface area contributed by atoms with E-state index in [1.165, 1.54) is 0 Å². The largest absolute Gasteiger partial charge is 0.496 e.